The Balaban J connectivity index is 1.97. The number of hydrogen-bond acceptors (Lipinski definition) is 2. The van der Waals surface area contributed by atoms with E-state index >= 15 is 0 Å². The van der Waals surface area contributed by atoms with E-state index in [1.54, 1.807) is 6.07 Å². The third kappa shape index (κ3) is 1.60. The van der Waals surface area contributed by atoms with E-state index < -0.39 is 0 Å². The number of furan rings is 1. The molecule has 1 aliphatic rings. The highest BCUT2D eigenvalue weighted by molar-refractivity contribution is 6.04. The molecule has 0 atom stereocenters. The van der Waals surface area contributed by atoms with E-state index in [9.17, 15) is 4.79 Å². The quantitative estimate of drug-likeness (QED) is 0.750. The van der Waals surface area contributed by atoms with Crippen LogP contribution < -0.4 is 0 Å². The number of ketones is 1. The molecule has 1 aromatic heterocycles. The molecule has 0 saturated heterocycles. The normalized spacial score (nSPS) is 16.8. The summed E-state index contributed by atoms with van der Waals surface area (Å²) < 4.78 is 5.44. The Morgan fingerprint density at radius 2 is 1.82 bits per heavy atom. The number of carbonyl (C=O) groups excluding carboxylic acids is 1. The highest BCUT2D eigenvalue weighted by atomic mass is 16.3. The van der Waals surface area contributed by atoms with Gasteiger partial charge in [0.1, 0.15) is 5.76 Å². The minimum Gasteiger partial charge on any atom is -0.458 e. The molecule has 1 aliphatic carbocycles. The maximum absolute atomic E-state index is 12.4. The van der Waals surface area contributed by atoms with Gasteiger partial charge in [-0.2, -0.15) is 0 Å². The number of carbonyl (C=O) groups is 1. The van der Waals surface area contributed by atoms with Gasteiger partial charge in [0.2, 0.25) is 5.78 Å². The monoisotopic (exact) mass is 226 g/mol. The molecule has 0 unspecified atom stereocenters. The van der Waals surface area contributed by atoms with Gasteiger partial charge in [0.15, 0.2) is 5.76 Å². The minimum atomic E-state index is -0.314. The van der Waals surface area contributed by atoms with Crippen molar-refractivity contribution in [3.05, 3.63) is 59.5 Å². The summed E-state index contributed by atoms with van der Waals surface area (Å²) in [4.78, 5) is 12.4. The van der Waals surface area contributed by atoms with Crippen LogP contribution in [0.2, 0.25) is 0 Å². The van der Waals surface area contributed by atoms with Crippen molar-refractivity contribution in [1.82, 2.24) is 0 Å². The molecule has 17 heavy (non-hydrogen) atoms. The smallest absolute Gasteiger partial charge is 0.208 e. The van der Waals surface area contributed by atoms with Gasteiger partial charge in [0.25, 0.3) is 0 Å². The van der Waals surface area contributed by atoms with Gasteiger partial charge in [-0.3, -0.25) is 4.79 Å². The second kappa shape index (κ2) is 3.59. The lowest BCUT2D eigenvalue weighted by molar-refractivity contribution is 0.0917. The molecule has 2 heteroatoms. The fraction of sp³-hybridized carbons (Fsp3) is 0.267. The summed E-state index contributed by atoms with van der Waals surface area (Å²) in [6.07, 6.45) is 1.85. The van der Waals surface area contributed by atoms with E-state index in [1.165, 1.54) is 0 Å². The van der Waals surface area contributed by atoms with Crippen LogP contribution in [-0.4, -0.2) is 5.78 Å². The second-order valence-corrected chi connectivity index (χ2v) is 4.69. The molecular weight excluding hydrogens is 212 g/mol. The number of benzene rings is 1. The van der Waals surface area contributed by atoms with Gasteiger partial charge >= 0.3 is 0 Å². The first-order valence-electron chi connectivity index (χ1n) is 5.89. The van der Waals surface area contributed by atoms with Crippen LogP contribution in [0.1, 0.15) is 34.7 Å². The Hall–Kier alpha value is -1.83. The summed E-state index contributed by atoms with van der Waals surface area (Å²) in [5, 5.41) is 0. The van der Waals surface area contributed by atoms with E-state index in [4.69, 9.17) is 4.42 Å². The number of rotatable bonds is 3. The average Bonchev–Trinajstić information content (AvgIpc) is 3.07. The van der Waals surface area contributed by atoms with Gasteiger partial charge in [0, 0.05) is 0 Å². The zero-order valence-electron chi connectivity index (χ0n) is 9.77. The third-order valence-electron chi connectivity index (χ3n) is 3.48. The highest BCUT2D eigenvalue weighted by Gasteiger charge is 2.52. The van der Waals surface area contributed by atoms with Gasteiger partial charge < -0.3 is 4.42 Å². The van der Waals surface area contributed by atoms with Crippen molar-refractivity contribution in [2.24, 2.45) is 0 Å². The van der Waals surface area contributed by atoms with Crippen LogP contribution in [0.15, 0.2) is 46.9 Å². The predicted molar refractivity (Wildman–Crippen MR) is 65.1 cm³/mol. The van der Waals surface area contributed by atoms with Gasteiger partial charge in [-0.05, 0) is 37.5 Å². The lowest BCUT2D eigenvalue weighted by Crippen LogP contribution is -2.19. The SMILES string of the molecule is Cc1ccc(C(=O)C2(c3ccccc3)CC2)o1. The van der Waals surface area contributed by atoms with E-state index in [1.807, 2.05) is 43.3 Å². The van der Waals surface area contributed by atoms with Crippen LogP contribution in [0.3, 0.4) is 0 Å². The van der Waals surface area contributed by atoms with Gasteiger partial charge in [0.05, 0.1) is 5.41 Å². The first-order chi connectivity index (χ1) is 8.22. The lowest BCUT2D eigenvalue weighted by atomic mass is 9.90. The number of aryl methyl sites for hydroxylation is 1. The molecule has 0 radical (unpaired) electrons. The van der Waals surface area contributed by atoms with Crippen LogP contribution in [0, 0.1) is 6.92 Å². The van der Waals surface area contributed by atoms with Crippen LogP contribution >= 0.6 is 0 Å². The standard InChI is InChI=1S/C15H14O2/c1-11-7-8-13(17-11)14(16)15(9-10-15)12-5-3-2-4-6-12/h2-8H,9-10H2,1H3. The van der Waals surface area contributed by atoms with Gasteiger partial charge in [-0.25, -0.2) is 0 Å². The maximum atomic E-state index is 12.4. The van der Waals surface area contributed by atoms with Crippen molar-refractivity contribution in [2.75, 3.05) is 0 Å². The van der Waals surface area contributed by atoms with Gasteiger partial charge in [-0.1, -0.05) is 30.3 Å². The largest absolute Gasteiger partial charge is 0.458 e. The molecule has 0 bridgehead atoms. The first-order valence-corrected chi connectivity index (χ1v) is 5.89. The molecule has 0 N–H and O–H groups in total. The Morgan fingerprint density at radius 3 is 2.35 bits per heavy atom. The van der Waals surface area contributed by atoms with Gasteiger partial charge in [-0.15, -0.1) is 0 Å². The molecule has 2 aromatic rings. The third-order valence-corrected chi connectivity index (χ3v) is 3.48. The summed E-state index contributed by atoms with van der Waals surface area (Å²) in [7, 11) is 0. The van der Waals surface area contributed by atoms with Crippen molar-refractivity contribution in [1.29, 1.82) is 0 Å². The summed E-state index contributed by atoms with van der Waals surface area (Å²) in [5.74, 6) is 1.40. The second-order valence-electron chi connectivity index (χ2n) is 4.69. The molecule has 1 aromatic carbocycles. The Kier molecular flexibility index (Phi) is 2.18. The lowest BCUT2D eigenvalue weighted by Gasteiger charge is -2.12. The molecule has 0 aliphatic heterocycles. The van der Waals surface area contributed by atoms with E-state index in [0.717, 1.165) is 24.2 Å². The van der Waals surface area contributed by atoms with Crippen LogP contribution in [-0.2, 0) is 5.41 Å². The molecule has 1 heterocycles. The zero-order chi connectivity index (χ0) is 11.9. The fourth-order valence-corrected chi connectivity index (χ4v) is 2.32. The number of Topliss-reactive ketones (excluding diaryl/α,β-unsaturated/α-hetero) is 1. The summed E-state index contributed by atoms with van der Waals surface area (Å²) in [6, 6.07) is 13.6. The average molecular weight is 226 g/mol. The Morgan fingerprint density at radius 1 is 1.12 bits per heavy atom. The molecule has 3 rings (SSSR count). The molecule has 2 nitrogen and oxygen atoms in total. The topological polar surface area (TPSA) is 30.2 Å². The van der Waals surface area contributed by atoms with Crippen molar-refractivity contribution < 1.29 is 9.21 Å². The van der Waals surface area contributed by atoms with Crippen molar-refractivity contribution in [3.8, 4) is 0 Å². The molecule has 1 saturated carbocycles. The van der Waals surface area contributed by atoms with E-state index in [2.05, 4.69) is 0 Å². The maximum Gasteiger partial charge on any atom is 0.208 e. The van der Waals surface area contributed by atoms with E-state index in [0.29, 0.717) is 5.76 Å². The first kappa shape index (κ1) is 10.3. The molecule has 86 valence electrons. The summed E-state index contributed by atoms with van der Waals surface area (Å²) >= 11 is 0. The predicted octanol–water partition coefficient (Wildman–Crippen LogP) is 3.50. The van der Waals surface area contributed by atoms with Crippen LogP contribution in [0.5, 0.6) is 0 Å². The van der Waals surface area contributed by atoms with Crippen molar-refractivity contribution >= 4 is 5.78 Å². The fourth-order valence-electron chi connectivity index (χ4n) is 2.32. The molecule has 0 spiro atoms. The summed E-state index contributed by atoms with van der Waals surface area (Å²) in [5.41, 5.74) is 0.796. The minimum absolute atomic E-state index is 0.122. The number of hydrogen-bond donors (Lipinski definition) is 0. The zero-order valence-corrected chi connectivity index (χ0v) is 9.77. The molecular formula is C15H14O2. The van der Waals surface area contributed by atoms with E-state index in [-0.39, 0.29) is 11.2 Å². The molecule has 0 amide bonds. The van der Waals surface area contributed by atoms with Crippen molar-refractivity contribution in [3.63, 3.8) is 0 Å². The van der Waals surface area contributed by atoms with Crippen LogP contribution in [0.4, 0.5) is 0 Å². The summed E-state index contributed by atoms with van der Waals surface area (Å²) in [6.45, 7) is 1.86. The van der Waals surface area contributed by atoms with Crippen LogP contribution in [0.25, 0.3) is 0 Å². The highest BCUT2D eigenvalue weighted by Crippen LogP contribution is 2.50. The molecule has 1 fully saturated rings. The van der Waals surface area contributed by atoms with Crippen molar-refractivity contribution in [2.45, 2.75) is 25.2 Å². The Bertz CT molecular complexity index is 547. The Labute approximate surface area is 100 Å².